The van der Waals surface area contributed by atoms with Crippen molar-refractivity contribution in [1.82, 2.24) is 9.97 Å². The molecule has 2 N–H and O–H groups in total. The fourth-order valence-electron chi connectivity index (χ4n) is 3.95. The van der Waals surface area contributed by atoms with E-state index >= 15 is 0 Å². The molecule has 0 aliphatic heterocycles. The number of hydrogen-bond donors (Lipinski definition) is 2. The Morgan fingerprint density at radius 3 is 2.60 bits per heavy atom. The van der Waals surface area contributed by atoms with Gasteiger partial charge in [-0.2, -0.15) is 0 Å². The van der Waals surface area contributed by atoms with Gasteiger partial charge in [0.25, 0.3) is 6.43 Å². The molecule has 2 atom stereocenters. The topological polar surface area (TPSA) is 58.1 Å². The van der Waals surface area contributed by atoms with E-state index in [0.29, 0.717) is 28.0 Å². The van der Waals surface area contributed by atoms with Crippen molar-refractivity contribution in [1.29, 1.82) is 0 Å². The number of pyridine rings is 1. The molecule has 8 heteroatoms. The Labute approximate surface area is 171 Å². The van der Waals surface area contributed by atoms with E-state index in [1.54, 1.807) is 19.1 Å². The Hall–Kier alpha value is -2.61. The molecule has 162 valence electrons. The van der Waals surface area contributed by atoms with Gasteiger partial charge in [-0.05, 0) is 42.7 Å². The second-order valence-electron chi connectivity index (χ2n) is 8.02. The van der Waals surface area contributed by atoms with Crippen LogP contribution in [0.3, 0.4) is 0 Å². The number of H-pyrrole nitrogens is 1. The van der Waals surface area contributed by atoms with Crippen LogP contribution in [0.2, 0.25) is 0 Å². The molecule has 0 aliphatic carbocycles. The minimum absolute atomic E-state index is 0.259. The van der Waals surface area contributed by atoms with E-state index in [4.69, 9.17) is 4.74 Å². The molecule has 0 bridgehead atoms. The van der Waals surface area contributed by atoms with Crippen LogP contribution >= 0.6 is 0 Å². The zero-order chi connectivity index (χ0) is 22.1. The maximum Gasteiger partial charge on any atom is 0.267 e. The van der Waals surface area contributed by atoms with E-state index in [-0.39, 0.29) is 5.56 Å². The third kappa shape index (κ3) is 4.28. The fourth-order valence-corrected chi connectivity index (χ4v) is 3.95. The predicted molar refractivity (Wildman–Crippen MR) is 106 cm³/mol. The summed E-state index contributed by atoms with van der Waals surface area (Å²) in [4.78, 5) is 7.04. The molecule has 3 aromatic rings. The Morgan fingerprint density at radius 1 is 1.23 bits per heavy atom. The molecule has 0 saturated carbocycles. The summed E-state index contributed by atoms with van der Waals surface area (Å²) in [6.07, 6.45) is -2.64. The lowest BCUT2D eigenvalue weighted by molar-refractivity contribution is -0.113. The monoisotopic (exact) mass is 424 g/mol. The second kappa shape index (κ2) is 8.26. The van der Waals surface area contributed by atoms with Crippen molar-refractivity contribution in [2.75, 3.05) is 13.8 Å². The van der Waals surface area contributed by atoms with Gasteiger partial charge in [-0.15, -0.1) is 0 Å². The first-order valence-corrected chi connectivity index (χ1v) is 9.45. The summed E-state index contributed by atoms with van der Waals surface area (Å²) in [5.74, 6) is -0.237. The molecule has 4 nitrogen and oxygen atoms in total. The molecule has 0 fully saturated rings. The van der Waals surface area contributed by atoms with Crippen LogP contribution in [0.4, 0.5) is 17.6 Å². The number of aryl methyl sites for hydroxylation is 1. The standard InChI is InChI=1S/C22H24F4N2O2/c1-13-4-5-15(24)7-17(13)21(2,12-23)11-22(29,20(25)26)9-16-6-14-10-27-19(30-3)8-18(14)28-16/h4-8,10,20,28-29H,9,11-12H2,1-3H3. The van der Waals surface area contributed by atoms with Crippen molar-refractivity contribution in [2.24, 2.45) is 0 Å². The van der Waals surface area contributed by atoms with E-state index in [1.807, 2.05) is 0 Å². The number of aromatic nitrogens is 2. The number of nitrogens with zero attached hydrogens (tertiary/aromatic N) is 1. The minimum Gasteiger partial charge on any atom is -0.481 e. The van der Waals surface area contributed by atoms with Crippen LogP contribution in [-0.2, 0) is 11.8 Å². The number of halogens is 4. The summed E-state index contributed by atoms with van der Waals surface area (Å²) in [6, 6.07) is 7.06. The summed E-state index contributed by atoms with van der Waals surface area (Å²) in [5.41, 5.74) is -2.24. The van der Waals surface area contributed by atoms with Crippen LogP contribution in [-0.4, -0.2) is 40.9 Å². The molecule has 1 aromatic carbocycles. The molecule has 2 unspecified atom stereocenters. The van der Waals surface area contributed by atoms with Gasteiger partial charge in [0, 0.05) is 35.2 Å². The van der Waals surface area contributed by atoms with Crippen molar-refractivity contribution in [2.45, 2.75) is 44.1 Å². The first kappa shape index (κ1) is 22.1. The molecule has 30 heavy (non-hydrogen) atoms. The molecule has 0 amide bonds. The van der Waals surface area contributed by atoms with Gasteiger partial charge in [0.15, 0.2) is 0 Å². The molecule has 0 radical (unpaired) electrons. The Kier molecular flexibility index (Phi) is 6.08. The number of nitrogens with one attached hydrogen (secondary N) is 1. The molecule has 0 aliphatic rings. The average Bonchev–Trinajstić information content (AvgIpc) is 3.10. The third-order valence-corrected chi connectivity index (χ3v) is 5.49. The summed E-state index contributed by atoms with van der Waals surface area (Å²) >= 11 is 0. The largest absolute Gasteiger partial charge is 0.481 e. The van der Waals surface area contributed by atoms with E-state index in [1.165, 1.54) is 32.4 Å². The summed E-state index contributed by atoms with van der Waals surface area (Å²) < 4.78 is 61.0. The number of aliphatic hydroxyl groups is 1. The van der Waals surface area contributed by atoms with Crippen LogP contribution < -0.4 is 4.74 Å². The van der Waals surface area contributed by atoms with Crippen molar-refractivity contribution in [3.63, 3.8) is 0 Å². The summed E-state index contributed by atoms with van der Waals surface area (Å²) in [6.45, 7) is 2.05. The molecular formula is C22H24F4N2O2. The number of fused-ring (bicyclic) bond motifs is 1. The van der Waals surface area contributed by atoms with Crippen molar-refractivity contribution in [3.05, 3.63) is 59.2 Å². The number of aromatic amines is 1. The highest BCUT2D eigenvalue weighted by Gasteiger charge is 2.46. The number of rotatable bonds is 8. The normalized spacial score (nSPS) is 15.9. The van der Waals surface area contributed by atoms with Crippen LogP contribution in [0, 0.1) is 12.7 Å². The lowest BCUT2D eigenvalue weighted by atomic mass is 9.72. The van der Waals surface area contributed by atoms with E-state index in [0.717, 1.165) is 6.07 Å². The fraction of sp³-hybridized carbons (Fsp3) is 0.409. The van der Waals surface area contributed by atoms with Crippen LogP contribution in [0.15, 0.2) is 36.5 Å². The number of methoxy groups -OCH3 is 1. The lowest BCUT2D eigenvalue weighted by Gasteiger charge is -2.37. The molecule has 0 saturated heterocycles. The van der Waals surface area contributed by atoms with Crippen LogP contribution in [0.25, 0.3) is 10.9 Å². The molecule has 2 heterocycles. The smallest absolute Gasteiger partial charge is 0.267 e. The first-order chi connectivity index (χ1) is 14.1. The Morgan fingerprint density at radius 2 is 1.97 bits per heavy atom. The van der Waals surface area contributed by atoms with E-state index in [9.17, 15) is 22.7 Å². The number of hydrogen-bond acceptors (Lipinski definition) is 3. The molecule has 3 rings (SSSR count). The summed E-state index contributed by atoms with van der Waals surface area (Å²) in [5, 5.41) is 11.5. The predicted octanol–water partition coefficient (Wildman–Crippen LogP) is 4.88. The molecule has 2 aromatic heterocycles. The first-order valence-electron chi connectivity index (χ1n) is 9.45. The third-order valence-electron chi connectivity index (χ3n) is 5.49. The lowest BCUT2D eigenvalue weighted by Crippen LogP contribution is -2.46. The van der Waals surface area contributed by atoms with E-state index in [2.05, 4.69) is 9.97 Å². The highest BCUT2D eigenvalue weighted by atomic mass is 19.3. The minimum atomic E-state index is -3.14. The van der Waals surface area contributed by atoms with Gasteiger partial charge >= 0.3 is 0 Å². The van der Waals surface area contributed by atoms with Crippen molar-refractivity contribution < 1.29 is 27.4 Å². The highest BCUT2D eigenvalue weighted by Crippen LogP contribution is 2.39. The van der Waals surface area contributed by atoms with Gasteiger partial charge in [-0.3, -0.25) is 4.39 Å². The number of benzene rings is 1. The van der Waals surface area contributed by atoms with Gasteiger partial charge in [0.05, 0.1) is 19.3 Å². The SMILES string of the molecule is COc1cc2[nH]c(CC(O)(CC(C)(CF)c3cc(F)ccc3C)C(F)F)cc2cn1. The maximum atomic E-state index is 14.1. The van der Waals surface area contributed by atoms with Crippen molar-refractivity contribution in [3.8, 4) is 5.88 Å². The maximum absolute atomic E-state index is 14.1. The van der Waals surface area contributed by atoms with Crippen molar-refractivity contribution >= 4 is 10.9 Å². The van der Waals surface area contributed by atoms with Crippen LogP contribution in [0.5, 0.6) is 5.88 Å². The Balaban J connectivity index is 1.96. The average molecular weight is 424 g/mol. The molecular weight excluding hydrogens is 400 g/mol. The van der Waals surface area contributed by atoms with Crippen LogP contribution in [0.1, 0.15) is 30.2 Å². The Bertz CT molecular complexity index is 1040. The highest BCUT2D eigenvalue weighted by molar-refractivity contribution is 5.80. The van der Waals surface area contributed by atoms with Gasteiger partial charge in [0.2, 0.25) is 5.88 Å². The second-order valence-corrected chi connectivity index (χ2v) is 8.02. The van der Waals surface area contributed by atoms with Gasteiger partial charge < -0.3 is 14.8 Å². The van der Waals surface area contributed by atoms with E-state index < -0.39 is 42.8 Å². The quantitative estimate of drug-likeness (QED) is 0.507. The van der Waals surface area contributed by atoms with Gasteiger partial charge in [-0.25, -0.2) is 18.2 Å². The summed E-state index contributed by atoms with van der Waals surface area (Å²) in [7, 11) is 1.46. The number of alkyl halides is 3. The zero-order valence-corrected chi connectivity index (χ0v) is 17.0. The number of ether oxygens (including phenoxy) is 1. The zero-order valence-electron chi connectivity index (χ0n) is 17.0. The van der Waals surface area contributed by atoms with Gasteiger partial charge in [0.1, 0.15) is 11.4 Å². The van der Waals surface area contributed by atoms with Gasteiger partial charge in [-0.1, -0.05) is 13.0 Å². The molecule has 0 spiro atoms.